The van der Waals surface area contributed by atoms with Crippen molar-refractivity contribution in [3.8, 4) is 0 Å². The highest BCUT2D eigenvalue weighted by Gasteiger charge is 2.16. The molecule has 0 fully saturated rings. The van der Waals surface area contributed by atoms with Crippen molar-refractivity contribution in [2.45, 2.75) is 11.8 Å². The average Bonchev–Trinajstić information content (AvgIpc) is 2.83. The van der Waals surface area contributed by atoms with Crippen LogP contribution >= 0.6 is 11.3 Å². The molecule has 8 heteroatoms. The predicted molar refractivity (Wildman–Crippen MR) is 77.4 cm³/mol. The molecule has 1 heterocycles. The van der Waals surface area contributed by atoms with Crippen LogP contribution in [0, 0.1) is 6.92 Å². The van der Waals surface area contributed by atoms with Crippen molar-refractivity contribution in [1.82, 2.24) is 4.98 Å². The number of carbonyl (C=O) groups excluding carboxylic acids is 1. The van der Waals surface area contributed by atoms with Crippen molar-refractivity contribution in [3.63, 3.8) is 0 Å². The van der Waals surface area contributed by atoms with E-state index in [1.165, 1.54) is 46.7 Å². The number of hydrogen-bond acceptors (Lipinski definition) is 5. The van der Waals surface area contributed by atoms with Gasteiger partial charge in [0, 0.05) is 12.7 Å². The molecule has 0 saturated carbocycles. The Kier molecular flexibility index (Phi) is 3.89. The molecule has 2 N–H and O–H groups in total. The summed E-state index contributed by atoms with van der Waals surface area (Å²) in [6.45, 7) is 1.82. The minimum absolute atomic E-state index is 0.00994. The second-order valence-corrected chi connectivity index (χ2v) is 6.94. The Morgan fingerprint density at radius 3 is 2.35 bits per heavy atom. The van der Waals surface area contributed by atoms with Gasteiger partial charge in [-0.3, -0.25) is 4.79 Å². The number of aromatic nitrogens is 1. The van der Waals surface area contributed by atoms with Crippen molar-refractivity contribution in [2.75, 3.05) is 11.9 Å². The summed E-state index contributed by atoms with van der Waals surface area (Å²) >= 11 is 1.31. The van der Waals surface area contributed by atoms with E-state index < -0.39 is 10.0 Å². The van der Waals surface area contributed by atoms with Gasteiger partial charge in [0.2, 0.25) is 10.0 Å². The molecule has 2 rings (SSSR count). The third kappa shape index (κ3) is 3.03. The fraction of sp³-hybridized carbons (Fsp3) is 0.167. The van der Waals surface area contributed by atoms with E-state index in [1.807, 2.05) is 6.92 Å². The van der Waals surface area contributed by atoms with Gasteiger partial charge in [0.1, 0.15) is 4.88 Å². The van der Waals surface area contributed by atoms with Crippen LogP contribution in [0.25, 0.3) is 0 Å². The van der Waals surface area contributed by atoms with Gasteiger partial charge in [0.05, 0.1) is 16.1 Å². The van der Waals surface area contributed by atoms with E-state index in [1.54, 1.807) is 7.05 Å². The van der Waals surface area contributed by atoms with E-state index in [4.69, 9.17) is 5.14 Å². The van der Waals surface area contributed by atoms with E-state index >= 15 is 0 Å². The number of thiazole rings is 1. The van der Waals surface area contributed by atoms with Crippen LogP contribution in [0.1, 0.15) is 14.7 Å². The molecule has 1 amide bonds. The van der Waals surface area contributed by atoms with E-state index in [0.717, 1.165) is 5.01 Å². The molecule has 6 nitrogen and oxygen atoms in total. The summed E-state index contributed by atoms with van der Waals surface area (Å²) in [6, 6.07) is 5.80. The summed E-state index contributed by atoms with van der Waals surface area (Å²) in [6.07, 6.45) is 1.53. The number of hydrogen-bond donors (Lipinski definition) is 1. The van der Waals surface area contributed by atoms with Crippen LogP contribution in [0.3, 0.4) is 0 Å². The number of sulfonamides is 1. The zero-order valence-corrected chi connectivity index (χ0v) is 12.5. The number of carbonyl (C=O) groups is 1. The molecule has 0 bridgehead atoms. The Labute approximate surface area is 120 Å². The zero-order valence-electron chi connectivity index (χ0n) is 10.9. The lowest BCUT2D eigenvalue weighted by Crippen LogP contribution is -2.25. The van der Waals surface area contributed by atoms with Gasteiger partial charge in [-0.15, -0.1) is 11.3 Å². The molecule has 1 aromatic heterocycles. The summed E-state index contributed by atoms with van der Waals surface area (Å²) in [4.78, 5) is 18.2. The molecule has 1 aromatic carbocycles. The number of aryl methyl sites for hydroxylation is 1. The monoisotopic (exact) mass is 311 g/mol. The van der Waals surface area contributed by atoms with Crippen molar-refractivity contribution in [2.24, 2.45) is 5.14 Å². The highest BCUT2D eigenvalue weighted by molar-refractivity contribution is 7.89. The van der Waals surface area contributed by atoms with Gasteiger partial charge >= 0.3 is 0 Å². The molecule has 20 heavy (non-hydrogen) atoms. The normalized spacial score (nSPS) is 11.3. The third-order valence-electron chi connectivity index (χ3n) is 2.69. The average molecular weight is 311 g/mol. The van der Waals surface area contributed by atoms with E-state index in [9.17, 15) is 13.2 Å². The summed E-state index contributed by atoms with van der Waals surface area (Å²) < 4.78 is 22.3. The minimum atomic E-state index is -3.73. The number of amides is 1. The predicted octanol–water partition coefficient (Wildman–Crippen LogP) is 1.38. The molecule has 0 spiro atoms. The number of rotatable bonds is 3. The van der Waals surface area contributed by atoms with Gasteiger partial charge in [-0.1, -0.05) is 0 Å². The van der Waals surface area contributed by atoms with Gasteiger partial charge in [-0.05, 0) is 31.2 Å². The van der Waals surface area contributed by atoms with Gasteiger partial charge in [-0.2, -0.15) is 0 Å². The van der Waals surface area contributed by atoms with E-state index in [0.29, 0.717) is 10.6 Å². The second-order valence-electron chi connectivity index (χ2n) is 4.15. The molecule has 106 valence electrons. The van der Waals surface area contributed by atoms with Gasteiger partial charge in [0.25, 0.3) is 5.91 Å². The fourth-order valence-corrected chi connectivity index (χ4v) is 2.87. The van der Waals surface area contributed by atoms with Crippen LogP contribution < -0.4 is 10.0 Å². The Balaban J connectivity index is 2.25. The van der Waals surface area contributed by atoms with Gasteiger partial charge < -0.3 is 4.90 Å². The standard InChI is InChI=1S/C12H13N3O3S2/c1-8-14-7-11(19-8)12(16)15(2)9-3-5-10(6-4-9)20(13,17)18/h3-7H,1-2H3,(H2,13,17,18). The van der Waals surface area contributed by atoms with Crippen molar-refractivity contribution < 1.29 is 13.2 Å². The van der Waals surface area contributed by atoms with Crippen LogP contribution in [0.15, 0.2) is 35.4 Å². The molecular weight excluding hydrogens is 298 g/mol. The van der Waals surface area contributed by atoms with E-state index in [2.05, 4.69) is 4.98 Å². The maximum atomic E-state index is 12.2. The number of anilines is 1. The Bertz CT molecular complexity index is 736. The highest BCUT2D eigenvalue weighted by atomic mass is 32.2. The Morgan fingerprint density at radius 1 is 1.30 bits per heavy atom. The maximum Gasteiger partial charge on any atom is 0.269 e. The SMILES string of the molecule is Cc1ncc(C(=O)N(C)c2ccc(S(N)(=O)=O)cc2)s1. The molecule has 0 saturated heterocycles. The Morgan fingerprint density at radius 2 is 1.90 bits per heavy atom. The quantitative estimate of drug-likeness (QED) is 0.926. The van der Waals surface area contributed by atoms with Crippen LogP contribution in [0.5, 0.6) is 0 Å². The van der Waals surface area contributed by atoms with Gasteiger partial charge in [0.15, 0.2) is 0 Å². The van der Waals surface area contributed by atoms with Crippen molar-refractivity contribution in [1.29, 1.82) is 0 Å². The molecule has 0 atom stereocenters. The maximum absolute atomic E-state index is 12.2. The fourth-order valence-electron chi connectivity index (χ4n) is 1.60. The number of benzene rings is 1. The molecule has 2 aromatic rings. The van der Waals surface area contributed by atoms with Gasteiger partial charge in [-0.25, -0.2) is 18.5 Å². The zero-order chi connectivity index (χ0) is 14.9. The lowest BCUT2D eigenvalue weighted by molar-refractivity contribution is 0.0996. The summed E-state index contributed by atoms with van der Waals surface area (Å²) in [5.74, 6) is -0.195. The lowest BCUT2D eigenvalue weighted by Gasteiger charge is -2.16. The molecule has 0 aliphatic heterocycles. The first kappa shape index (κ1) is 14.6. The van der Waals surface area contributed by atoms with Crippen LogP contribution in [0.2, 0.25) is 0 Å². The summed E-state index contributed by atoms with van der Waals surface area (Å²) in [5.41, 5.74) is 0.577. The second kappa shape index (κ2) is 5.31. The lowest BCUT2D eigenvalue weighted by atomic mass is 10.3. The van der Waals surface area contributed by atoms with Crippen molar-refractivity contribution >= 4 is 33.0 Å². The molecular formula is C12H13N3O3S2. The largest absolute Gasteiger partial charge is 0.311 e. The van der Waals surface area contributed by atoms with Crippen LogP contribution in [-0.4, -0.2) is 26.4 Å². The first-order valence-corrected chi connectivity index (χ1v) is 7.98. The minimum Gasteiger partial charge on any atom is -0.311 e. The highest BCUT2D eigenvalue weighted by Crippen LogP contribution is 2.20. The number of nitrogens with zero attached hydrogens (tertiary/aromatic N) is 2. The first-order chi connectivity index (χ1) is 9.29. The van der Waals surface area contributed by atoms with Crippen LogP contribution in [-0.2, 0) is 10.0 Å². The van der Waals surface area contributed by atoms with Crippen LogP contribution in [0.4, 0.5) is 5.69 Å². The smallest absolute Gasteiger partial charge is 0.269 e. The summed E-state index contributed by atoms with van der Waals surface area (Å²) in [5, 5.41) is 5.83. The third-order valence-corrected chi connectivity index (χ3v) is 4.52. The molecule has 0 radical (unpaired) electrons. The molecule has 0 aliphatic rings. The molecule has 0 aliphatic carbocycles. The van der Waals surface area contributed by atoms with Crippen molar-refractivity contribution in [3.05, 3.63) is 40.3 Å². The van der Waals surface area contributed by atoms with E-state index in [-0.39, 0.29) is 10.8 Å². The molecule has 0 unspecified atom stereocenters. The topological polar surface area (TPSA) is 93.4 Å². The number of primary sulfonamides is 1. The first-order valence-electron chi connectivity index (χ1n) is 5.62. The number of nitrogens with two attached hydrogens (primary N) is 1. The summed E-state index contributed by atoms with van der Waals surface area (Å²) in [7, 11) is -2.11. The Hall–Kier alpha value is -1.77.